The van der Waals surface area contributed by atoms with E-state index in [4.69, 9.17) is 0 Å². The predicted molar refractivity (Wildman–Crippen MR) is 43.2 cm³/mol. The molecule has 3 fully saturated rings. The summed E-state index contributed by atoms with van der Waals surface area (Å²) in [7, 11) is 0. The second kappa shape index (κ2) is 1.96. The maximum Gasteiger partial charge on any atom is 0.111 e. The Morgan fingerprint density at radius 1 is 0.900 bits per heavy atom. The molecule has 0 saturated heterocycles. The minimum Gasteiger partial charge on any atom is -0.244 e. The lowest BCUT2D eigenvalue weighted by molar-refractivity contribution is 0.0370. The van der Waals surface area contributed by atoms with Crippen molar-refractivity contribution in [3.63, 3.8) is 0 Å². The fourth-order valence-corrected chi connectivity index (χ4v) is 2.69. The third-order valence-corrected chi connectivity index (χ3v) is 4.25. The molecule has 0 N–H and O–H groups in total. The minimum atomic E-state index is -0.768. The highest BCUT2D eigenvalue weighted by molar-refractivity contribution is 9.10. The summed E-state index contributed by atoms with van der Waals surface area (Å²) in [5.74, 6) is 0. The average Bonchev–Trinajstić information content (AvgIpc) is 1.93. The Morgan fingerprint density at radius 3 is 1.60 bits per heavy atom. The van der Waals surface area contributed by atoms with Crippen LogP contribution in [0.25, 0.3) is 0 Å². The molecule has 58 valence electrons. The van der Waals surface area contributed by atoms with Crippen LogP contribution < -0.4 is 0 Å². The van der Waals surface area contributed by atoms with Gasteiger partial charge in [0.05, 0.1) is 0 Å². The zero-order valence-electron chi connectivity index (χ0n) is 6.00. The predicted octanol–water partition coefficient (Wildman–Crippen LogP) is 3.20. The van der Waals surface area contributed by atoms with E-state index in [1.807, 2.05) is 0 Å². The topological polar surface area (TPSA) is 0 Å². The van der Waals surface area contributed by atoms with Gasteiger partial charge in [-0.3, -0.25) is 0 Å². The molecular weight excluding hydrogens is 195 g/mol. The van der Waals surface area contributed by atoms with Crippen molar-refractivity contribution >= 4 is 15.9 Å². The van der Waals surface area contributed by atoms with Crippen LogP contribution in [0.2, 0.25) is 0 Å². The van der Waals surface area contributed by atoms with Gasteiger partial charge < -0.3 is 0 Å². The molecule has 0 aromatic rings. The number of hydrogen-bond donors (Lipinski definition) is 0. The molecule has 3 aliphatic rings. The zero-order chi connectivity index (χ0) is 7.24. The Bertz CT molecular complexity index is 113. The van der Waals surface area contributed by atoms with Crippen molar-refractivity contribution in [1.29, 1.82) is 0 Å². The second-order valence-electron chi connectivity index (χ2n) is 3.80. The zero-order valence-corrected chi connectivity index (χ0v) is 7.58. The van der Waals surface area contributed by atoms with Gasteiger partial charge in [0.1, 0.15) is 5.67 Å². The lowest BCUT2D eigenvalue weighted by Gasteiger charge is -2.46. The molecule has 0 heterocycles. The standard InChI is InChI=1S/C8H12BrF/c9-7-1-4-8(10,5-2-7)6-3-7/h1-6H2. The molecule has 0 spiro atoms. The van der Waals surface area contributed by atoms with Gasteiger partial charge in [0.25, 0.3) is 0 Å². The Balaban J connectivity index is 2.16. The van der Waals surface area contributed by atoms with Gasteiger partial charge in [-0.1, -0.05) is 15.9 Å². The number of alkyl halides is 2. The first-order chi connectivity index (χ1) is 4.62. The molecule has 0 atom stereocenters. The van der Waals surface area contributed by atoms with Crippen molar-refractivity contribution in [2.45, 2.75) is 48.5 Å². The number of fused-ring (bicyclic) bond motifs is 3. The van der Waals surface area contributed by atoms with Crippen LogP contribution in [0.3, 0.4) is 0 Å². The van der Waals surface area contributed by atoms with Gasteiger partial charge in [-0.2, -0.15) is 0 Å². The first-order valence-corrected chi connectivity index (χ1v) is 4.79. The van der Waals surface area contributed by atoms with Crippen molar-refractivity contribution in [1.82, 2.24) is 0 Å². The van der Waals surface area contributed by atoms with E-state index in [1.54, 1.807) is 0 Å². The summed E-state index contributed by atoms with van der Waals surface area (Å²) in [5, 5.41) is 0. The normalized spacial score (nSPS) is 53.4. The maximum absolute atomic E-state index is 13.5. The van der Waals surface area contributed by atoms with Crippen LogP contribution in [0.5, 0.6) is 0 Å². The molecule has 2 heteroatoms. The third kappa shape index (κ3) is 1.01. The van der Waals surface area contributed by atoms with Crippen molar-refractivity contribution in [3.8, 4) is 0 Å². The molecule has 3 aliphatic carbocycles. The van der Waals surface area contributed by atoms with Gasteiger partial charge in [0, 0.05) is 4.32 Å². The van der Waals surface area contributed by atoms with Crippen LogP contribution in [0.1, 0.15) is 38.5 Å². The van der Waals surface area contributed by atoms with Crippen LogP contribution in [0.4, 0.5) is 4.39 Å². The van der Waals surface area contributed by atoms with Crippen molar-refractivity contribution in [2.24, 2.45) is 0 Å². The fourth-order valence-electron chi connectivity index (χ4n) is 2.09. The summed E-state index contributed by atoms with van der Waals surface area (Å²) in [6.07, 6.45) is 5.51. The lowest BCUT2D eigenvalue weighted by Crippen LogP contribution is -2.43. The van der Waals surface area contributed by atoms with E-state index in [-0.39, 0.29) is 0 Å². The SMILES string of the molecule is FC12CCC(Br)(CC1)CC2. The summed E-state index contributed by atoms with van der Waals surface area (Å²) in [6, 6.07) is 0. The lowest BCUT2D eigenvalue weighted by atomic mass is 9.69. The highest BCUT2D eigenvalue weighted by atomic mass is 79.9. The van der Waals surface area contributed by atoms with Gasteiger partial charge in [-0.05, 0) is 38.5 Å². The van der Waals surface area contributed by atoms with Gasteiger partial charge in [-0.25, -0.2) is 4.39 Å². The highest BCUT2D eigenvalue weighted by Gasteiger charge is 2.47. The Labute approximate surface area is 69.3 Å². The second-order valence-corrected chi connectivity index (χ2v) is 5.48. The maximum atomic E-state index is 13.5. The largest absolute Gasteiger partial charge is 0.244 e. The van der Waals surface area contributed by atoms with Crippen molar-refractivity contribution in [2.75, 3.05) is 0 Å². The van der Waals surface area contributed by atoms with Crippen LogP contribution >= 0.6 is 15.9 Å². The van der Waals surface area contributed by atoms with Crippen molar-refractivity contribution in [3.05, 3.63) is 0 Å². The first-order valence-electron chi connectivity index (χ1n) is 4.00. The Kier molecular flexibility index (Phi) is 1.39. The molecule has 0 unspecified atom stereocenters. The summed E-state index contributed by atoms with van der Waals surface area (Å²) in [5.41, 5.74) is -0.768. The number of rotatable bonds is 0. The van der Waals surface area contributed by atoms with E-state index in [9.17, 15) is 4.39 Å². The van der Waals surface area contributed by atoms with E-state index < -0.39 is 5.67 Å². The van der Waals surface area contributed by atoms with Gasteiger partial charge in [0.15, 0.2) is 0 Å². The van der Waals surface area contributed by atoms with Crippen LogP contribution in [0, 0.1) is 0 Å². The molecule has 2 bridgehead atoms. The monoisotopic (exact) mass is 206 g/mol. The Morgan fingerprint density at radius 2 is 1.30 bits per heavy atom. The van der Waals surface area contributed by atoms with E-state index in [0.717, 1.165) is 38.5 Å². The quantitative estimate of drug-likeness (QED) is 0.535. The molecule has 0 radical (unpaired) electrons. The van der Waals surface area contributed by atoms with Gasteiger partial charge in [-0.15, -0.1) is 0 Å². The summed E-state index contributed by atoms with van der Waals surface area (Å²) in [4.78, 5) is 0. The molecule has 10 heavy (non-hydrogen) atoms. The highest BCUT2D eigenvalue weighted by Crippen LogP contribution is 2.52. The molecule has 0 amide bonds. The first kappa shape index (κ1) is 7.08. The van der Waals surface area contributed by atoms with Crippen molar-refractivity contribution < 1.29 is 4.39 Å². The van der Waals surface area contributed by atoms with Gasteiger partial charge in [0.2, 0.25) is 0 Å². The summed E-state index contributed by atoms with van der Waals surface area (Å²) < 4.78 is 13.8. The van der Waals surface area contributed by atoms with E-state index >= 15 is 0 Å². The molecule has 0 nitrogen and oxygen atoms in total. The molecule has 0 aliphatic heterocycles. The van der Waals surface area contributed by atoms with Crippen LogP contribution in [0.15, 0.2) is 0 Å². The summed E-state index contributed by atoms with van der Waals surface area (Å²) >= 11 is 3.69. The fraction of sp³-hybridized carbons (Fsp3) is 1.00. The van der Waals surface area contributed by atoms with E-state index in [0.29, 0.717) is 4.32 Å². The smallest absolute Gasteiger partial charge is 0.111 e. The molecule has 3 rings (SSSR count). The molecule has 0 aromatic heterocycles. The van der Waals surface area contributed by atoms with Crippen LogP contribution in [-0.2, 0) is 0 Å². The van der Waals surface area contributed by atoms with E-state index in [2.05, 4.69) is 15.9 Å². The van der Waals surface area contributed by atoms with E-state index in [1.165, 1.54) is 0 Å². The minimum absolute atomic E-state index is 0.334. The number of hydrogen-bond acceptors (Lipinski definition) is 0. The third-order valence-electron chi connectivity index (χ3n) is 3.06. The average molecular weight is 207 g/mol. The molecule has 0 aromatic carbocycles. The molecule has 3 saturated carbocycles. The molecular formula is C8H12BrF. The summed E-state index contributed by atoms with van der Waals surface area (Å²) in [6.45, 7) is 0. The number of halogens is 2. The van der Waals surface area contributed by atoms with Gasteiger partial charge >= 0.3 is 0 Å². The Hall–Kier alpha value is 0.410. The van der Waals surface area contributed by atoms with Crippen LogP contribution in [-0.4, -0.2) is 9.99 Å².